The summed E-state index contributed by atoms with van der Waals surface area (Å²) in [6.07, 6.45) is 7.76. The second-order valence-corrected chi connectivity index (χ2v) is 6.88. The Kier molecular flexibility index (Phi) is 5.14. The number of hydrogen-bond acceptors (Lipinski definition) is 5. The van der Waals surface area contributed by atoms with Gasteiger partial charge in [-0.25, -0.2) is 4.39 Å². The summed E-state index contributed by atoms with van der Waals surface area (Å²) >= 11 is 0. The van der Waals surface area contributed by atoms with Crippen molar-refractivity contribution in [2.45, 2.75) is 38.8 Å². The van der Waals surface area contributed by atoms with Gasteiger partial charge in [-0.05, 0) is 31.9 Å². The van der Waals surface area contributed by atoms with Gasteiger partial charge in [0.25, 0.3) is 5.91 Å². The standard InChI is InChI=1S/C19H22FN7O/c1-2-27-17(13-26-7-3-6-22-26)23-24-18(27)14-4-8-25(9-5-14)19(28)15-10-16(20)12-21-11-15/h3,6-7,10-12,14H,2,4-5,8-9,13H2,1H3. The number of piperidine rings is 1. The maximum atomic E-state index is 13.3. The van der Waals surface area contributed by atoms with Gasteiger partial charge in [0.15, 0.2) is 5.82 Å². The predicted octanol–water partition coefficient (Wildman–Crippen LogP) is 2.10. The van der Waals surface area contributed by atoms with Crippen LogP contribution in [0.4, 0.5) is 4.39 Å². The zero-order chi connectivity index (χ0) is 19.5. The fourth-order valence-corrected chi connectivity index (χ4v) is 3.70. The molecule has 3 aromatic heterocycles. The van der Waals surface area contributed by atoms with Gasteiger partial charge in [-0.3, -0.25) is 14.5 Å². The lowest BCUT2D eigenvalue weighted by atomic mass is 9.95. The van der Waals surface area contributed by atoms with Gasteiger partial charge < -0.3 is 9.47 Å². The number of amides is 1. The average molecular weight is 383 g/mol. The molecule has 0 bridgehead atoms. The summed E-state index contributed by atoms with van der Waals surface area (Å²) in [6.45, 7) is 4.65. The molecule has 146 valence electrons. The first-order valence-corrected chi connectivity index (χ1v) is 9.45. The maximum Gasteiger partial charge on any atom is 0.255 e. The number of carbonyl (C=O) groups excluding carboxylic acids is 1. The van der Waals surface area contributed by atoms with Gasteiger partial charge >= 0.3 is 0 Å². The highest BCUT2D eigenvalue weighted by molar-refractivity contribution is 5.93. The second-order valence-electron chi connectivity index (χ2n) is 6.88. The molecule has 1 amide bonds. The number of likely N-dealkylation sites (tertiary alicyclic amines) is 1. The van der Waals surface area contributed by atoms with Gasteiger partial charge in [-0.1, -0.05) is 0 Å². The van der Waals surface area contributed by atoms with Crippen molar-refractivity contribution in [1.29, 1.82) is 0 Å². The van der Waals surface area contributed by atoms with E-state index in [1.165, 1.54) is 12.3 Å². The highest BCUT2D eigenvalue weighted by Gasteiger charge is 2.28. The highest BCUT2D eigenvalue weighted by atomic mass is 19.1. The van der Waals surface area contributed by atoms with Gasteiger partial charge in [0.05, 0.1) is 11.8 Å². The summed E-state index contributed by atoms with van der Waals surface area (Å²) in [5.41, 5.74) is 0.289. The van der Waals surface area contributed by atoms with E-state index in [0.717, 1.165) is 37.2 Å². The molecule has 0 spiro atoms. The molecule has 4 rings (SSSR count). The molecule has 0 radical (unpaired) electrons. The van der Waals surface area contributed by atoms with E-state index >= 15 is 0 Å². The average Bonchev–Trinajstić information content (AvgIpc) is 3.37. The molecular weight excluding hydrogens is 361 g/mol. The fraction of sp³-hybridized carbons (Fsp3) is 0.421. The molecule has 1 fully saturated rings. The van der Waals surface area contributed by atoms with Crippen LogP contribution < -0.4 is 0 Å². The Morgan fingerprint density at radius 2 is 2.07 bits per heavy atom. The second kappa shape index (κ2) is 7.87. The van der Waals surface area contributed by atoms with Gasteiger partial charge in [-0.15, -0.1) is 10.2 Å². The molecule has 0 N–H and O–H groups in total. The van der Waals surface area contributed by atoms with Crippen LogP contribution in [0.2, 0.25) is 0 Å². The van der Waals surface area contributed by atoms with E-state index in [2.05, 4.69) is 31.8 Å². The minimum Gasteiger partial charge on any atom is -0.339 e. The Balaban J connectivity index is 1.44. The largest absolute Gasteiger partial charge is 0.339 e. The van der Waals surface area contributed by atoms with E-state index in [1.807, 2.05) is 16.9 Å². The Bertz CT molecular complexity index is 945. The lowest BCUT2D eigenvalue weighted by molar-refractivity contribution is 0.0709. The van der Waals surface area contributed by atoms with E-state index in [4.69, 9.17) is 0 Å². The molecule has 0 unspecified atom stereocenters. The number of carbonyl (C=O) groups is 1. The van der Waals surface area contributed by atoms with E-state index < -0.39 is 5.82 Å². The molecule has 0 aromatic carbocycles. The summed E-state index contributed by atoms with van der Waals surface area (Å²) in [5, 5.41) is 13.0. The lowest BCUT2D eigenvalue weighted by Crippen LogP contribution is -2.38. The van der Waals surface area contributed by atoms with Crippen LogP contribution in [0.1, 0.15) is 47.7 Å². The van der Waals surface area contributed by atoms with Crippen molar-refractivity contribution >= 4 is 5.91 Å². The normalized spacial score (nSPS) is 15.1. The maximum absolute atomic E-state index is 13.3. The summed E-state index contributed by atoms with van der Waals surface area (Å²) in [4.78, 5) is 18.1. The molecule has 1 aliphatic rings. The van der Waals surface area contributed by atoms with E-state index in [9.17, 15) is 9.18 Å². The number of rotatable bonds is 5. The number of halogens is 1. The molecule has 0 saturated carbocycles. The van der Waals surface area contributed by atoms with Gasteiger partial charge in [-0.2, -0.15) is 5.10 Å². The zero-order valence-electron chi connectivity index (χ0n) is 15.7. The molecule has 8 nitrogen and oxygen atoms in total. The van der Waals surface area contributed by atoms with Gasteiger partial charge in [0.1, 0.15) is 18.2 Å². The van der Waals surface area contributed by atoms with Crippen molar-refractivity contribution < 1.29 is 9.18 Å². The summed E-state index contributed by atoms with van der Waals surface area (Å²) in [5.74, 6) is 1.41. The quantitative estimate of drug-likeness (QED) is 0.674. The van der Waals surface area contributed by atoms with Crippen molar-refractivity contribution in [3.63, 3.8) is 0 Å². The molecular formula is C19H22FN7O. The van der Waals surface area contributed by atoms with Crippen molar-refractivity contribution in [2.75, 3.05) is 13.1 Å². The summed E-state index contributed by atoms with van der Waals surface area (Å²) in [7, 11) is 0. The minimum atomic E-state index is -0.499. The third-order valence-electron chi connectivity index (χ3n) is 5.13. The van der Waals surface area contributed by atoms with E-state index in [-0.39, 0.29) is 17.4 Å². The van der Waals surface area contributed by atoms with Gasteiger partial charge in [0, 0.05) is 44.1 Å². The van der Waals surface area contributed by atoms with Crippen molar-refractivity contribution in [1.82, 2.24) is 34.4 Å². The third-order valence-corrected chi connectivity index (χ3v) is 5.13. The molecule has 28 heavy (non-hydrogen) atoms. The Morgan fingerprint density at radius 3 is 2.75 bits per heavy atom. The minimum absolute atomic E-state index is 0.179. The first-order chi connectivity index (χ1) is 13.7. The van der Waals surface area contributed by atoms with E-state index in [0.29, 0.717) is 19.6 Å². The van der Waals surface area contributed by atoms with Crippen LogP contribution in [0.15, 0.2) is 36.9 Å². The van der Waals surface area contributed by atoms with Crippen LogP contribution >= 0.6 is 0 Å². The lowest BCUT2D eigenvalue weighted by Gasteiger charge is -2.31. The molecule has 1 saturated heterocycles. The molecule has 3 aromatic rings. The smallest absolute Gasteiger partial charge is 0.255 e. The monoisotopic (exact) mass is 383 g/mol. The van der Waals surface area contributed by atoms with Crippen LogP contribution in [0.25, 0.3) is 0 Å². The molecule has 1 aliphatic heterocycles. The topological polar surface area (TPSA) is 81.7 Å². The Labute approximate surface area is 162 Å². The number of nitrogens with zero attached hydrogens (tertiary/aromatic N) is 7. The zero-order valence-corrected chi connectivity index (χ0v) is 15.7. The van der Waals surface area contributed by atoms with E-state index in [1.54, 1.807) is 11.1 Å². The first-order valence-electron chi connectivity index (χ1n) is 9.45. The van der Waals surface area contributed by atoms with Crippen LogP contribution in [-0.4, -0.2) is 53.4 Å². The van der Waals surface area contributed by atoms with Crippen molar-refractivity contribution in [3.05, 3.63) is 59.9 Å². The summed E-state index contributed by atoms with van der Waals surface area (Å²) < 4.78 is 17.3. The highest BCUT2D eigenvalue weighted by Crippen LogP contribution is 2.28. The first kappa shape index (κ1) is 18.3. The van der Waals surface area contributed by atoms with Crippen LogP contribution in [0, 0.1) is 5.82 Å². The van der Waals surface area contributed by atoms with Crippen LogP contribution in [0.5, 0.6) is 0 Å². The Morgan fingerprint density at radius 1 is 1.25 bits per heavy atom. The Hall–Kier alpha value is -3.10. The molecule has 9 heteroatoms. The molecule has 0 atom stereocenters. The number of hydrogen-bond donors (Lipinski definition) is 0. The number of aromatic nitrogens is 6. The van der Waals surface area contributed by atoms with Crippen molar-refractivity contribution in [3.8, 4) is 0 Å². The third kappa shape index (κ3) is 3.64. The molecule has 0 aliphatic carbocycles. The van der Waals surface area contributed by atoms with Gasteiger partial charge in [0.2, 0.25) is 0 Å². The number of pyridine rings is 1. The fourth-order valence-electron chi connectivity index (χ4n) is 3.70. The molecule has 4 heterocycles. The van der Waals surface area contributed by atoms with Crippen LogP contribution in [0.3, 0.4) is 0 Å². The summed E-state index contributed by atoms with van der Waals surface area (Å²) in [6, 6.07) is 3.12. The SMILES string of the molecule is CCn1c(Cn2cccn2)nnc1C1CCN(C(=O)c2cncc(F)c2)CC1. The predicted molar refractivity (Wildman–Crippen MR) is 99.1 cm³/mol. The van der Waals surface area contributed by atoms with Crippen LogP contribution in [-0.2, 0) is 13.1 Å². The van der Waals surface area contributed by atoms with Crippen molar-refractivity contribution in [2.24, 2.45) is 0 Å².